The van der Waals surface area contributed by atoms with Crippen LogP contribution in [0.2, 0.25) is 0 Å². The minimum Gasteiger partial charge on any atom is -0.497 e. The summed E-state index contributed by atoms with van der Waals surface area (Å²) in [5, 5.41) is 4.32. The molecule has 0 aliphatic heterocycles. The lowest BCUT2D eigenvalue weighted by Crippen LogP contribution is -2.30. The van der Waals surface area contributed by atoms with E-state index in [4.69, 9.17) is 17.3 Å². The average Bonchev–Trinajstić information content (AvgIpc) is 2.56. The first-order chi connectivity index (χ1) is 11.9. The van der Waals surface area contributed by atoms with Crippen molar-refractivity contribution in [3.8, 4) is 11.5 Å². The van der Waals surface area contributed by atoms with Crippen molar-refractivity contribution in [1.82, 2.24) is 0 Å². The van der Waals surface area contributed by atoms with Crippen LogP contribution >= 0.6 is 0 Å². The summed E-state index contributed by atoms with van der Waals surface area (Å²) in [4.78, 5) is 11.3. The normalized spacial score (nSPS) is 12.0. The second kappa shape index (κ2) is 8.24. The molecule has 0 aliphatic carbocycles. The molecule has 1 N–H and O–H groups in total. The SMILES string of the molecule is [B]c1ccc(=C)/c(=C(\C=C/C)Oc2cc(NC(C)=O)cc(OC)c2)c1. The van der Waals surface area contributed by atoms with E-state index < -0.39 is 0 Å². The molecule has 0 saturated heterocycles. The lowest BCUT2D eigenvalue weighted by Gasteiger charge is -2.12. The number of methoxy groups -OCH3 is 1. The second-order valence-electron chi connectivity index (χ2n) is 5.46. The molecule has 0 unspecified atom stereocenters. The molecule has 5 heteroatoms. The quantitative estimate of drug-likeness (QED) is 0.846. The van der Waals surface area contributed by atoms with Crippen molar-refractivity contribution in [1.29, 1.82) is 0 Å². The number of anilines is 1. The third-order valence-corrected chi connectivity index (χ3v) is 3.38. The highest BCUT2D eigenvalue weighted by atomic mass is 16.5. The van der Waals surface area contributed by atoms with Crippen molar-refractivity contribution < 1.29 is 14.3 Å². The van der Waals surface area contributed by atoms with Crippen LogP contribution in [0.25, 0.3) is 12.3 Å². The van der Waals surface area contributed by atoms with Crippen LogP contribution in [-0.4, -0.2) is 20.9 Å². The maximum absolute atomic E-state index is 11.3. The summed E-state index contributed by atoms with van der Waals surface area (Å²) >= 11 is 0. The van der Waals surface area contributed by atoms with E-state index in [1.54, 1.807) is 31.4 Å². The second-order valence-corrected chi connectivity index (χ2v) is 5.46. The third-order valence-electron chi connectivity index (χ3n) is 3.38. The van der Waals surface area contributed by atoms with E-state index in [1.165, 1.54) is 6.92 Å². The minimum absolute atomic E-state index is 0.173. The number of carbonyl (C=O) groups is 1. The van der Waals surface area contributed by atoms with Gasteiger partial charge in [0.15, 0.2) is 0 Å². The molecule has 1 amide bonds. The maximum atomic E-state index is 11.3. The van der Waals surface area contributed by atoms with Crippen molar-refractivity contribution in [3.63, 3.8) is 0 Å². The third kappa shape index (κ3) is 5.01. The van der Waals surface area contributed by atoms with Gasteiger partial charge in [0.2, 0.25) is 5.91 Å². The van der Waals surface area contributed by atoms with Gasteiger partial charge in [-0.2, -0.15) is 0 Å². The van der Waals surface area contributed by atoms with E-state index in [0.29, 0.717) is 28.4 Å². The summed E-state index contributed by atoms with van der Waals surface area (Å²) < 4.78 is 11.3. The molecule has 0 heterocycles. The zero-order valence-electron chi connectivity index (χ0n) is 14.6. The van der Waals surface area contributed by atoms with E-state index in [1.807, 2.05) is 31.2 Å². The number of amides is 1. The van der Waals surface area contributed by atoms with Crippen molar-refractivity contribution >= 4 is 37.2 Å². The van der Waals surface area contributed by atoms with Gasteiger partial charge in [0.25, 0.3) is 0 Å². The Labute approximate surface area is 148 Å². The molecule has 2 rings (SSSR count). The summed E-state index contributed by atoms with van der Waals surface area (Å²) in [5.41, 5.74) is 1.21. The monoisotopic (exact) mass is 333 g/mol. The highest BCUT2D eigenvalue weighted by Crippen LogP contribution is 2.27. The number of hydrogen-bond acceptors (Lipinski definition) is 3. The molecule has 0 fully saturated rings. The molecule has 2 radical (unpaired) electrons. The standard InChI is InChI=1S/C20H20BNO3/c1-5-6-20(19-9-15(21)8-7-13(19)2)25-18-11-16(22-14(3)23)10-17(12-18)24-4/h5-12H,2H2,1,3-4H3,(H,22,23)/b6-5-,20-19+. The summed E-state index contributed by atoms with van der Waals surface area (Å²) in [7, 11) is 7.45. The lowest BCUT2D eigenvalue weighted by molar-refractivity contribution is -0.114. The molecule has 0 bridgehead atoms. The summed E-state index contributed by atoms with van der Waals surface area (Å²) in [6, 6.07) is 10.6. The van der Waals surface area contributed by atoms with Crippen LogP contribution in [0.15, 0.2) is 48.6 Å². The fourth-order valence-electron chi connectivity index (χ4n) is 2.30. The Morgan fingerprint density at radius 1 is 1.20 bits per heavy atom. The summed E-state index contributed by atoms with van der Waals surface area (Å²) in [6.07, 6.45) is 3.70. The first-order valence-corrected chi connectivity index (χ1v) is 7.79. The van der Waals surface area contributed by atoms with Crippen LogP contribution < -0.4 is 30.7 Å². The minimum atomic E-state index is -0.173. The fraction of sp³-hybridized carbons (Fsp3) is 0.150. The summed E-state index contributed by atoms with van der Waals surface area (Å²) in [5.74, 6) is 1.52. The number of allylic oxidation sites excluding steroid dienone is 1. The maximum Gasteiger partial charge on any atom is 0.221 e. The number of hydrogen-bond donors (Lipinski definition) is 1. The molecule has 0 aromatic heterocycles. The molecule has 0 spiro atoms. The molecule has 0 atom stereocenters. The van der Waals surface area contributed by atoms with Crippen molar-refractivity contribution in [2.45, 2.75) is 13.8 Å². The van der Waals surface area contributed by atoms with Gasteiger partial charge in [-0.25, -0.2) is 0 Å². The van der Waals surface area contributed by atoms with Crippen LogP contribution in [0, 0.1) is 0 Å². The molecule has 25 heavy (non-hydrogen) atoms. The van der Waals surface area contributed by atoms with Gasteiger partial charge in [-0.1, -0.05) is 36.3 Å². The molecular weight excluding hydrogens is 313 g/mol. The molecule has 0 saturated carbocycles. The van der Waals surface area contributed by atoms with Crippen LogP contribution in [-0.2, 0) is 4.79 Å². The lowest BCUT2D eigenvalue weighted by atomic mass is 9.95. The Morgan fingerprint density at radius 2 is 1.92 bits per heavy atom. The van der Waals surface area contributed by atoms with E-state index in [-0.39, 0.29) is 5.91 Å². The Bertz CT molecular complexity index is 919. The molecule has 2 aromatic carbocycles. The number of rotatable bonds is 5. The Kier molecular flexibility index (Phi) is 6.06. The smallest absolute Gasteiger partial charge is 0.221 e. The predicted molar refractivity (Wildman–Crippen MR) is 103 cm³/mol. The summed E-state index contributed by atoms with van der Waals surface area (Å²) in [6.45, 7) is 7.36. The zero-order valence-corrected chi connectivity index (χ0v) is 14.6. The molecule has 4 nitrogen and oxygen atoms in total. The zero-order chi connectivity index (χ0) is 18.4. The van der Waals surface area contributed by atoms with Gasteiger partial charge in [-0.15, -0.1) is 0 Å². The van der Waals surface area contributed by atoms with E-state index in [9.17, 15) is 4.79 Å². The van der Waals surface area contributed by atoms with Crippen molar-refractivity contribution in [3.05, 3.63) is 59.0 Å². The van der Waals surface area contributed by atoms with Gasteiger partial charge in [-0.05, 0) is 18.2 Å². The van der Waals surface area contributed by atoms with Crippen LogP contribution in [0.3, 0.4) is 0 Å². The van der Waals surface area contributed by atoms with Crippen LogP contribution in [0.1, 0.15) is 13.8 Å². The average molecular weight is 333 g/mol. The highest BCUT2D eigenvalue weighted by molar-refractivity contribution is 6.32. The largest absolute Gasteiger partial charge is 0.497 e. The Balaban J connectivity index is 2.56. The first kappa shape index (κ1) is 18.4. The topological polar surface area (TPSA) is 47.6 Å². The van der Waals surface area contributed by atoms with Gasteiger partial charge >= 0.3 is 0 Å². The highest BCUT2D eigenvalue weighted by Gasteiger charge is 2.06. The van der Waals surface area contributed by atoms with Crippen molar-refractivity contribution in [2.75, 3.05) is 12.4 Å². The number of nitrogens with one attached hydrogen (secondary N) is 1. The fourth-order valence-corrected chi connectivity index (χ4v) is 2.30. The van der Waals surface area contributed by atoms with Gasteiger partial charge in [-0.3, -0.25) is 4.79 Å². The van der Waals surface area contributed by atoms with Crippen LogP contribution in [0.4, 0.5) is 5.69 Å². The molecular formula is C20H20BNO3. The van der Waals surface area contributed by atoms with Crippen LogP contribution in [0.5, 0.6) is 11.5 Å². The van der Waals surface area contributed by atoms with E-state index in [0.717, 1.165) is 10.4 Å². The van der Waals surface area contributed by atoms with Crippen molar-refractivity contribution in [2.24, 2.45) is 0 Å². The molecule has 0 aliphatic rings. The van der Waals surface area contributed by atoms with E-state index >= 15 is 0 Å². The first-order valence-electron chi connectivity index (χ1n) is 7.79. The number of carbonyl (C=O) groups excluding carboxylic acids is 1. The molecule has 126 valence electrons. The van der Waals surface area contributed by atoms with Gasteiger partial charge in [0.1, 0.15) is 25.1 Å². The van der Waals surface area contributed by atoms with Gasteiger partial charge in [0, 0.05) is 36.0 Å². The number of benzene rings is 2. The Hall–Kier alpha value is -2.95. The van der Waals surface area contributed by atoms with Gasteiger partial charge in [0.05, 0.1) is 7.11 Å². The number of ether oxygens (including phenoxy) is 2. The van der Waals surface area contributed by atoms with Gasteiger partial charge < -0.3 is 14.8 Å². The Morgan fingerprint density at radius 3 is 2.56 bits per heavy atom. The molecule has 2 aromatic rings. The van der Waals surface area contributed by atoms with E-state index in [2.05, 4.69) is 11.9 Å². The predicted octanol–water partition coefficient (Wildman–Crippen LogP) is 1.62.